The van der Waals surface area contributed by atoms with Crippen molar-refractivity contribution in [1.82, 2.24) is 14.8 Å². The SMILES string of the molecule is CCOC(=O)C1=Cc2cc(NCc3cc(CC(=O)c4ccc(CN5CCN(C)CC5)c(C(F)(F)F)c4)ccc3C)cnc2C1. The molecule has 44 heavy (non-hydrogen) atoms. The minimum atomic E-state index is -4.55. The van der Waals surface area contributed by atoms with E-state index in [1.54, 1.807) is 19.2 Å². The Kier molecular flexibility index (Phi) is 9.51. The van der Waals surface area contributed by atoms with Gasteiger partial charge in [0, 0.05) is 63.2 Å². The Bertz CT molecular complexity index is 1580. The van der Waals surface area contributed by atoms with E-state index in [0.29, 0.717) is 38.2 Å². The number of carbonyl (C=O) groups is 2. The summed E-state index contributed by atoms with van der Waals surface area (Å²) >= 11 is 0. The van der Waals surface area contributed by atoms with Gasteiger partial charge in [-0.15, -0.1) is 0 Å². The van der Waals surface area contributed by atoms with E-state index < -0.39 is 11.7 Å². The Labute approximate surface area is 255 Å². The van der Waals surface area contributed by atoms with Gasteiger partial charge in [-0.25, -0.2) is 4.79 Å². The second kappa shape index (κ2) is 13.3. The maximum Gasteiger partial charge on any atom is 0.416 e. The maximum atomic E-state index is 14.0. The van der Waals surface area contributed by atoms with Crippen LogP contribution in [-0.2, 0) is 41.6 Å². The van der Waals surface area contributed by atoms with Crippen molar-refractivity contribution in [3.05, 3.63) is 98.9 Å². The molecule has 2 aromatic carbocycles. The van der Waals surface area contributed by atoms with E-state index >= 15 is 0 Å². The van der Waals surface area contributed by atoms with Crippen LogP contribution in [-0.4, -0.2) is 66.4 Å². The van der Waals surface area contributed by atoms with E-state index in [4.69, 9.17) is 4.74 Å². The minimum absolute atomic E-state index is 0.00971. The number of carbonyl (C=O) groups excluding carboxylic acids is 2. The second-order valence-electron chi connectivity index (χ2n) is 11.5. The Hall–Kier alpha value is -4.02. The molecule has 1 aliphatic heterocycles. The number of rotatable bonds is 10. The number of nitrogens with one attached hydrogen (secondary N) is 1. The molecular formula is C34H37F3N4O3. The van der Waals surface area contributed by atoms with Gasteiger partial charge in [0.1, 0.15) is 0 Å². The van der Waals surface area contributed by atoms with Crippen LogP contribution in [0.25, 0.3) is 6.08 Å². The summed E-state index contributed by atoms with van der Waals surface area (Å²) < 4.78 is 47.2. The molecular weight excluding hydrogens is 569 g/mol. The molecule has 0 unspecified atom stereocenters. The molecule has 5 rings (SSSR count). The van der Waals surface area contributed by atoms with Crippen molar-refractivity contribution in [2.75, 3.05) is 45.2 Å². The zero-order valence-electron chi connectivity index (χ0n) is 25.3. The molecule has 0 amide bonds. The van der Waals surface area contributed by atoms with Crippen LogP contribution < -0.4 is 5.32 Å². The molecule has 1 aromatic heterocycles. The standard InChI is InChI=1S/C34H37F3N4O3/c1-4-44-33(43)27-15-26-16-29(20-39-31(26)18-27)38-19-28-13-23(6-5-22(28)2)14-32(42)24-7-8-25(30(17-24)34(35,36)37)21-41-11-9-40(3)10-12-41/h5-8,13,15-17,20,38H,4,9-12,14,18-19,21H2,1-3H3. The summed E-state index contributed by atoms with van der Waals surface area (Å²) in [7, 11) is 2.00. The zero-order valence-corrected chi connectivity index (χ0v) is 25.3. The molecule has 0 bridgehead atoms. The molecule has 0 saturated carbocycles. The number of ketones is 1. The first-order valence-electron chi connectivity index (χ1n) is 14.8. The highest BCUT2D eigenvalue weighted by Gasteiger charge is 2.34. The number of aromatic nitrogens is 1. The van der Waals surface area contributed by atoms with E-state index in [1.165, 1.54) is 12.1 Å². The lowest BCUT2D eigenvalue weighted by atomic mass is 9.96. The lowest BCUT2D eigenvalue weighted by molar-refractivity contribution is -0.139. The van der Waals surface area contributed by atoms with Gasteiger partial charge in [0.2, 0.25) is 0 Å². The average Bonchev–Trinajstić information content (AvgIpc) is 3.42. The molecule has 2 heterocycles. The van der Waals surface area contributed by atoms with Gasteiger partial charge in [0.05, 0.1) is 29.7 Å². The summed E-state index contributed by atoms with van der Waals surface area (Å²) in [5.74, 6) is -0.699. The predicted octanol–water partition coefficient (Wildman–Crippen LogP) is 5.70. The van der Waals surface area contributed by atoms with E-state index in [1.807, 2.05) is 43.1 Å². The number of benzene rings is 2. The van der Waals surface area contributed by atoms with Crippen LogP contribution >= 0.6 is 0 Å². The number of piperazine rings is 1. The number of anilines is 1. The smallest absolute Gasteiger partial charge is 0.416 e. The van der Waals surface area contributed by atoms with Gasteiger partial charge in [0.15, 0.2) is 5.78 Å². The summed E-state index contributed by atoms with van der Waals surface area (Å²) in [4.78, 5) is 33.9. The van der Waals surface area contributed by atoms with Gasteiger partial charge in [-0.2, -0.15) is 13.2 Å². The molecule has 0 spiro atoms. The minimum Gasteiger partial charge on any atom is -0.463 e. The van der Waals surface area contributed by atoms with E-state index in [2.05, 4.69) is 15.2 Å². The van der Waals surface area contributed by atoms with E-state index in [0.717, 1.165) is 52.8 Å². The van der Waals surface area contributed by atoms with Crippen molar-refractivity contribution in [2.45, 2.75) is 46.0 Å². The Morgan fingerprint density at radius 3 is 2.52 bits per heavy atom. The number of nitrogens with zero attached hydrogens (tertiary/aromatic N) is 3. The number of Topliss-reactive ketones (excluding diaryl/α,β-unsaturated/α-hetero) is 1. The van der Waals surface area contributed by atoms with Crippen molar-refractivity contribution in [3.8, 4) is 0 Å². The molecule has 10 heteroatoms. The highest BCUT2D eigenvalue weighted by molar-refractivity contribution is 5.98. The molecule has 0 radical (unpaired) electrons. The van der Waals surface area contributed by atoms with Crippen molar-refractivity contribution >= 4 is 23.5 Å². The van der Waals surface area contributed by atoms with Crippen molar-refractivity contribution in [1.29, 1.82) is 0 Å². The van der Waals surface area contributed by atoms with Crippen LogP contribution in [0.2, 0.25) is 0 Å². The lowest BCUT2D eigenvalue weighted by Gasteiger charge is -2.33. The van der Waals surface area contributed by atoms with Gasteiger partial charge in [-0.05, 0) is 66.9 Å². The van der Waals surface area contributed by atoms with Crippen molar-refractivity contribution in [3.63, 3.8) is 0 Å². The molecule has 2 aliphatic rings. The summed E-state index contributed by atoms with van der Waals surface area (Å²) in [6, 6.07) is 11.6. The van der Waals surface area contributed by atoms with Gasteiger partial charge >= 0.3 is 12.1 Å². The second-order valence-corrected chi connectivity index (χ2v) is 11.5. The number of esters is 1. The zero-order chi connectivity index (χ0) is 31.4. The molecule has 7 nitrogen and oxygen atoms in total. The van der Waals surface area contributed by atoms with Crippen molar-refractivity contribution < 1.29 is 27.5 Å². The van der Waals surface area contributed by atoms with Gasteiger partial charge < -0.3 is 15.0 Å². The third-order valence-corrected chi connectivity index (χ3v) is 8.22. The first kappa shape index (κ1) is 31.4. The monoisotopic (exact) mass is 606 g/mol. The van der Waals surface area contributed by atoms with E-state index in [-0.39, 0.29) is 35.8 Å². The average molecular weight is 607 g/mol. The molecule has 1 aliphatic carbocycles. The number of ether oxygens (including phenoxy) is 1. The normalized spacial score (nSPS) is 15.5. The highest BCUT2D eigenvalue weighted by atomic mass is 19.4. The number of hydrogen-bond donors (Lipinski definition) is 1. The van der Waals surface area contributed by atoms with Gasteiger partial charge in [-0.3, -0.25) is 14.7 Å². The Morgan fingerprint density at radius 1 is 1.02 bits per heavy atom. The fraction of sp³-hybridized carbons (Fsp3) is 0.382. The van der Waals surface area contributed by atoms with Crippen LogP contribution in [0.1, 0.15) is 56.4 Å². The van der Waals surface area contributed by atoms with Crippen LogP contribution in [0.3, 0.4) is 0 Å². The lowest BCUT2D eigenvalue weighted by Crippen LogP contribution is -2.44. The van der Waals surface area contributed by atoms with Gasteiger partial charge in [0.25, 0.3) is 0 Å². The Balaban J connectivity index is 1.26. The number of halogens is 3. The molecule has 1 N–H and O–H groups in total. The number of likely N-dealkylation sites (N-methyl/N-ethyl adjacent to an activating group) is 1. The number of hydrogen-bond acceptors (Lipinski definition) is 7. The third-order valence-electron chi connectivity index (χ3n) is 8.22. The fourth-order valence-corrected chi connectivity index (χ4v) is 5.56. The Morgan fingerprint density at radius 2 is 1.80 bits per heavy atom. The molecule has 1 fully saturated rings. The van der Waals surface area contributed by atoms with Crippen LogP contribution in [0.4, 0.5) is 18.9 Å². The largest absolute Gasteiger partial charge is 0.463 e. The number of fused-ring (bicyclic) bond motifs is 1. The molecule has 3 aromatic rings. The first-order valence-corrected chi connectivity index (χ1v) is 14.8. The van der Waals surface area contributed by atoms with Crippen LogP contribution in [0.15, 0.2) is 54.2 Å². The molecule has 0 atom stereocenters. The van der Waals surface area contributed by atoms with Crippen LogP contribution in [0.5, 0.6) is 0 Å². The summed E-state index contributed by atoms with van der Waals surface area (Å²) in [5, 5.41) is 3.35. The van der Waals surface area contributed by atoms with Crippen LogP contribution in [0, 0.1) is 6.92 Å². The first-order chi connectivity index (χ1) is 21.0. The van der Waals surface area contributed by atoms with Gasteiger partial charge in [-0.1, -0.05) is 30.3 Å². The van der Waals surface area contributed by atoms with E-state index in [9.17, 15) is 22.8 Å². The highest BCUT2D eigenvalue weighted by Crippen LogP contribution is 2.34. The number of pyridine rings is 1. The number of alkyl halides is 3. The fourth-order valence-electron chi connectivity index (χ4n) is 5.56. The third kappa shape index (κ3) is 7.54. The molecule has 232 valence electrons. The predicted molar refractivity (Wildman–Crippen MR) is 163 cm³/mol. The quantitative estimate of drug-likeness (QED) is 0.235. The van der Waals surface area contributed by atoms with Crippen molar-refractivity contribution in [2.24, 2.45) is 0 Å². The molecule has 1 saturated heterocycles. The topological polar surface area (TPSA) is 74.8 Å². The summed E-state index contributed by atoms with van der Waals surface area (Å²) in [5.41, 5.74) is 5.23. The maximum absolute atomic E-state index is 14.0. The summed E-state index contributed by atoms with van der Waals surface area (Å²) in [6.07, 6.45) is -0.609. The summed E-state index contributed by atoms with van der Waals surface area (Å²) in [6.45, 7) is 7.74. The number of aryl methyl sites for hydroxylation is 1.